The summed E-state index contributed by atoms with van der Waals surface area (Å²) in [7, 11) is -2.43. The Morgan fingerprint density at radius 2 is 0.839 bits per heavy atom. The van der Waals surface area contributed by atoms with E-state index in [2.05, 4.69) is 126 Å². The smallest absolute Gasteiger partial charge is 0.170 e. The summed E-state index contributed by atoms with van der Waals surface area (Å²) in [5, 5.41) is 4.44. The molecule has 0 saturated carbocycles. The van der Waals surface area contributed by atoms with Gasteiger partial charge in [0.1, 0.15) is 0 Å². The van der Waals surface area contributed by atoms with Crippen LogP contribution >= 0.6 is 0 Å². The summed E-state index contributed by atoms with van der Waals surface area (Å²) in [6.07, 6.45) is 2.57. The van der Waals surface area contributed by atoms with Crippen molar-refractivity contribution in [2.75, 3.05) is 13.1 Å². The molecule has 0 aliphatic carbocycles. The van der Waals surface area contributed by atoms with E-state index in [1.54, 1.807) is 0 Å². The molecule has 1 aliphatic rings. The molecule has 154 valence electrons. The van der Waals surface area contributed by atoms with Gasteiger partial charge in [0.25, 0.3) is 0 Å². The summed E-state index contributed by atoms with van der Waals surface area (Å²) in [5.41, 5.74) is 1.79. The van der Waals surface area contributed by atoms with Gasteiger partial charge in [0, 0.05) is 5.67 Å². The Labute approximate surface area is 187 Å². The molecule has 1 saturated heterocycles. The third kappa shape index (κ3) is 3.67. The number of hydrogen-bond donors (Lipinski definition) is 0. The van der Waals surface area contributed by atoms with Gasteiger partial charge in [0.2, 0.25) is 0 Å². The van der Waals surface area contributed by atoms with Crippen molar-refractivity contribution in [3.05, 3.63) is 127 Å². The van der Waals surface area contributed by atoms with Crippen molar-refractivity contribution in [3.8, 4) is 0 Å². The van der Waals surface area contributed by atoms with Crippen molar-refractivity contribution in [3.63, 3.8) is 0 Å². The lowest BCUT2D eigenvalue weighted by Gasteiger charge is -2.45. The van der Waals surface area contributed by atoms with Crippen molar-refractivity contribution in [1.29, 1.82) is 0 Å². The Morgan fingerprint density at radius 1 is 0.484 bits per heavy atom. The third-order valence-electron chi connectivity index (χ3n) is 6.72. The van der Waals surface area contributed by atoms with E-state index in [0.29, 0.717) is 5.67 Å². The van der Waals surface area contributed by atoms with Crippen LogP contribution in [-0.2, 0) is 0 Å². The first-order chi connectivity index (χ1) is 15.4. The SMILES string of the molecule is c1ccc(C(N2CCCC2)[Si](c2ccccc2)(c2ccccc2)c2ccccc2)cc1. The maximum atomic E-state index is 2.77. The molecule has 31 heavy (non-hydrogen) atoms. The molecule has 4 aromatic rings. The fourth-order valence-corrected chi connectivity index (χ4v) is 11.0. The van der Waals surface area contributed by atoms with E-state index in [0.717, 1.165) is 0 Å². The molecule has 0 aromatic heterocycles. The first-order valence-corrected chi connectivity index (χ1v) is 13.4. The highest BCUT2D eigenvalue weighted by atomic mass is 28.3. The van der Waals surface area contributed by atoms with Crippen LogP contribution in [0.5, 0.6) is 0 Å². The van der Waals surface area contributed by atoms with Crippen LogP contribution in [0.15, 0.2) is 121 Å². The number of rotatable bonds is 6. The number of benzene rings is 4. The summed E-state index contributed by atoms with van der Waals surface area (Å²) in [6, 6.07) is 45.2. The summed E-state index contributed by atoms with van der Waals surface area (Å²) < 4.78 is 0. The van der Waals surface area contributed by atoms with Crippen molar-refractivity contribution in [2.45, 2.75) is 18.5 Å². The van der Waals surface area contributed by atoms with Crippen LogP contribution in [0.1, 0.15) is 24.1 Å². The van der Waals surface area contributed by atoms with Crippen LogP contribution in [0.25, 0.3) is 0 Å². The molecule has 1 nitrogen and oxygen atoms in total. The lowest BCUT2D eigenvalue weighted by Crippen LogP contribution is -2.73. The quantitative estimate of drug-likeness (QED) is 0.328. The van der Waals surface area contributed by atoms with Gasteiger partial charge in [0.15, 0.2) is 8.07 Å². The summed E-state index contributed by atoms with van der Waals surface area (Å²) in [4.78, 5) is 2.77. The van der Waals surface area contributed by atoms with E-state index < -0.39 is 8.07 Å². The molecule has 0 bridgehead atoms. The monoisotopic (exact) mass is 419 g/mol. The van der Waals surface area contributed by atoms with Gasteiger partial charge in [-0.3, -0.25) is 4.90 Å². The van der Waals surface area contributed by atoms with Gasteiger partial charge in [-0.25, -0.2) is 0 Å². The molecule has 1 aliphatic heterocycles. The molecule has 0 spiro atoms. The minimum atomic E-state index is -2.43. The van der Waals surface area contributed by atoms with Gasteiger partial charge < -0.3 is 0 Å². The second-order valence-corrected chi connectivity index (χ2v) is 12.4. The zero-order valence-electron chi connectivity index (χ0n) is 17.9. The lowest BCUT2D eigenvalue weighted by molar-refractivity contribution is 0.309. The minimum absolute atomic E-state index is 0.350. The highest BCUT2D eigenvalue weighted by Gasteiger charge is 2.49. The predicted octanol–water partition coefficient (Wildman–Crippen LogP) is 4.53. The topological polar surface area (TPSA) is 3.24 Å². The summed E-state index contributed by atoms with van der Waals surface area (Å²) in [5.74, 6) is 0. The van der Waals surface area contributed by atoms with Gasteiger partial charge in [0.05, 0.1) is 0 Å². The van der Waals surface area contributed by atoms with Gasteiger partial charge in [-0.05, 0) is 47.1 Å². The molecule has 1 fully saturated rings. The Kier molecular flexibility index (Phi) is 5.83. The maximum absolute atomic E-state index is 2.77. The van der Waals surface area contributed by atoms with Crippen LogP contribution in [0.4, 0.5) is 0 Å². The largest absolute Gasteiger partial charge is 0.298 e. The van der Waals surface area contributed by atoms with E-state index in [-0.39, 0.29) is 0 Å². The molecule has 2 heteroatoms. The average Bonchev–Trinajstić information content (AvgIpc) is 3.39. The van der Waals surface area contributed by atoms with Gasteiger partial charge in [-0.15, -0.1) is 0 Å². The van der Waals surface area contributed by atoms with Gasteiger partial charge in [-0.2, -0.15) is 0 Å². The molecular formula is C29H29NSi. The Balaban J connectivity index is 1.88. The Bertz CT molecular complexity index is 978. The highest BCUT2D eigenvalue weighted by molar-refractivity contribution is 7.12. The van der Waals surface area contributed by atoms with E-state index in [9.17, 15) is 0 Å². The van der Waals surface area contributed by atoms with Gasteiger partial charge in [-0.1, -0.05) is 121 Å². The van der Waals surface area contributed by atoms with E-state index in [1.165, 1.54) is 47.1 Å². The Hall–Kier alpha value is -2.94. The van der Waals surface area contributed by atoms with Crippen LogP contribution in [0.2, 0.25) is 0 Å². The van der Waals surface area contributed by atoms with Crippen molar-refractivity contribution < 1.29 is 0 Å². The first-order valence-electron chi connectivity index (χ1n) is 11.4. The van der Waals surface area contributed by atoms with Crippen LogP contribution in [-0.4, -0.2) is 26.1 Å². The van der Waals surface area contributed by atoms with Crippen molar-refractivity contribution in [1.82, 2.24) is 4.90 Å². The second kappa shape index (κ2) is 9.05. The molecule has 0 radical (unpaired) electrons. The molecule has 4 aromatic carbocycles. The van der Waals surface area contributed by atoms with Crippen molar-refractivity contribution >= 4 is 23.6 Å². The number of hydrogen-bond acceptors (Lipinski definition) is 1. The number of likely N-dealkylation sites (tertiary alicyclic amines) is 1. The zero-order valence-corrected chi connectivity index (χ0v) is 18.9. The molecule has 0 amide bonds. The maximum Gasteiger partial charge on any atom is 0.170 e. The number of nitrogens with zero attached hydrogens (tertiary/aromatic N) is 1. The average molecular weight is 420 g/mol. The Morgan fingerprint density at radius 3 is 1.23 bits per heavy atom. The van der Waals surface area contributed by atoms with Gasteiger partial charge >= 0.3 is 0 Å². The molecule has 1 unspecified atom stereocenters. The lowest BCUT2D eigenvalue weighted by atomic mass is 10.2. The fraction of sp³-hybridized carbons (Fsp3) is 0.172. The minimum Gasteiger partial charge on any atom is -0.298 e. The highest BCUT2D eigenvalue weighted by Crippen LogP contribution is 2.33. The van der Waals surface area contributed by atoms with E-state index in [4.69, 9.17) is 0 Å². The predicted molar refractivity (Wildman–Crippen MR) is 134 cm³/mol. The normalized spacial score (nSPS) is 15.6. The molecule has 1 atom stereocenters. The first kappa shape index (κ1) is 20.0. The zero-order chi connectivity index (χ0) is 20.9. The third-order valence-corrected chi connectivity index (χ3v) is 12.0. The molecule has 5 rings (SSSR count). The van der Waals surface area contributed by atoms with E-state index >= 15 is 0 Å². The second-order valence-electron chi connectivity index (χ2n) is 8.46. The standard InChI is InChI=1S/C29H29NSi/c1-5-15-25(16-6-1)29(30-23-13-14-24-30)31(26-17-7-2-8-18-26,27-19-9-3-10-20-27)28-21-11-4-12-22-28/h1-12,15-22,29H,13-14,23-24H2. The summed E-state index contributed by atoms with van der Waals surface area (Å²) in [6.45, 7) is 2.33. The summed E-state index contributed by atoms with van der Waals surface area (Å²) >= 11 is 0. The van der Waals surface area contributed by atoms with E-state index in [1.807, 2.05) is 0 Å². The molecule has 1 heterocycles. The van der Waals surface area contributed by atoms with Crippen LogP contribution in [0, 0.1) is 0 Å². The molecule has 0 N–H and O–H groups in total. The van der Waals surface area contributed by atoms with Crippen LogP contribution < -0.4 is 15.6 Å². The van der Waals surface area contributed by atoms with Crippen LogP contribution in [0.3, 0.4) is 0 Å². The van der Waals surface area contributed by atoms with Crippen molar-refractivity contribution in [2.24, 2.45) is 0 Å². The fourth-order valence-electron chi connectivity index (χ4n) is 5.45. The molecular weight excluding hydrogens is 390 g/mol.